The summed E-state index contributed by atoms with van der Waals surface area (Å²) < 4.78 is 0. The lowest BCUT2D eigenvalue weighted by atomic mass is 10.1. The lowest BCUT2D eigenvalue weighted by Crippen LogP contribution is -2.19. The van der Waals surface area contributed by atoms with Gasteiger partial charge >= 0.3 is 0 Å². The number of benzene rings is 2. The summed E-state index contributed by atoms with van der Waals surface area (Å²) in [5.41, 5.74) is 2.93. The Morgan fingerprint density at radius 3 is 1.14 bits per heavy atom. The summed E-state index contributed by atoms with van der Waals surface area (Å²) in [7, 11) is 0. The van der Waals surface area contributed by atoms with Crippen LogP contribution >= 0.6 is 24.8 Å². The van der Waals surface area contributed by atoms with Gasteiger partial charge in [-0.1, -0.05) is 67.1 Å². The van der Waals surface area contributed by atoms with E-state index in [1.54, 1.807) is 0 Å². The standard InChI is InChI=1S/C25H38N2.2ClH/c1-4-14-24(15-5-1)18-8-12-22-26-20-10-3-11-21-27-23-13-9-19-25-16-6-2-7-17-25;;/h1-2,4-7,14-17,26-27H,3,8-13,18-23H2;2*1H. The predicted molar refractivity (Wildman–Crippen MR) is 133 cm³/mol. The molecule has 0 radical (unpaired) electrons. The first-order valence-electron chi connectivity index (χ1n) is 10.9. The van der Waals surface area contributed by atoms with E-state index in [9.17, 15) is 0 Å². The number of aryl methyl sites for hydroxylation is 2. The van der Waals surface area contributed by atoms with Gasteiger partial charge < -0.3 is 10.6 Å². The van der Waals surface area contributed by atoms with Crippen molar-refractivity contribution in [3.8, 4) is 0 Å². The van der Waals surface area contributed by atoms with Crippen molar-refractivity contribution in [2.24, 2.45) is 0 Å². The van der Waals surface area contributed by atoms with Gasteiger partial charge in [-0.05, 0) is 88.7 Å². The third-order valence-corrected chi connectivity index (χ3v) is 5.03. The highest BCUT2D eigenvalue weighted by atomic mass is 35.5. The van der Waals surface area contributed by atoms with Crippen LogP contribution in [0.2, 0.25) is 0 Å². The summed E-state index contributed by atoms with van der Waals surface area (Å²) in [6.07, 6.45) is 11.5. The highest BCUT2D eigenvalue weighted by molar-refractivity contribution is 5.85. The Hall–Kier alpha value is -1.06. The van der Waals surface area contributed by atoms with Gasteiger partial charge in [0, 0.05) is 0 Å². The minimum Gasteiger partial charge on any atom is -0.317 e. The van der Waals surface area contributed by atoms with Gasteiger partial charge in [0.1, 0.15) is 0 Å². The van der Waals surface area contributed by atoms with E-state index in [4.69, 9.17) is 0 Å². The topological polar surface area (TPSA) is 24.1 Å². The van der Waals surface area contributed by atoms with Crippen molar-refractivity contribution in [1.82, 2.24) is 10.6 Å². The fourth-order valence-electron chi connectivity index (χ4n) is 3.37. The van der Waals surface area contributed by atoms with E-state index in [0.29, 0.717) is 0 Å². The van der Waals surface area contributed by atoms with Crippen molar-refractivity contribution in [1.29, 1.82) is 0 Å². The smallest absolute Gasteiger partial charge is 0.00488 e. The fraction of sp³-hybridized carbons (Fsp3) is 0.520. The van der Waals surface area contributed by atoms with Crippen molar-refractivity contribution in [3.63, 3.8) is 0 Å². The Balaban J connectivity index is 0.00000392. The molecule has 2 aromatic carbocycles. The first kappa shape index (κ1) is 27.9. The molecule has 0 amide bonds. The maximum absolute atomic E-state index is 3.59. The van der Waals surface area contributed by atoms with Crippen LogP contribution in [0, 0.1) is 0 Å². The summed E-state index contributed by atoms with van der Waals surface area (Å²) in [5, 5.41) is 7.17. The zero-order valence-corrected chi connectivity index (χ0v) is 19.4. The quantitative estimate of drug-likeness (QED) is 0.303. The summed E-state index contributed by atoms with van der Waals surface area (Å²) in [6.45, 7) is 4.66. The third-order valence-electron chi connectivity index (χ3n) is 5.03. The molecule has 4 heteroatoms. The van der Waals surface area contributed by atoms with Crippen LogP contribution in [0.4, 0.5) is 0 Å². The molecule has 0 unspecified atom stereocenters. The molecule has 0 aromatic heterocycles. The first-order valence-corrected chi connectivity index (χ1v) is 10.9. The van der Waals surface area contributed by atoms with E-state index in [1.165, 1.54) is 82.0 Å². The third kappa shape index (κ3) is 15.4. The number of rotatable bonds is 16. The van der Waals surface area contributed by atoms with Gasteiger partial charge in [-0.25, -0.2) is 0 Å². The first-order chi connectivity index (χ1) is 13.4. The fourth-order valence-corrected chi connectivity index (χ4v) is 3.37. The Morgan fingerprint density at radius 2 is 0.759 bits per heavy atom. The van der Waals surface area contributed by atoms with Gasteiger partial charge in [-0.2, -0.15) is 0 Å². The van der Waals surface area contributed by atoms with Crippen LogP contribution in [0.15, 0.2) is 60.7 Å². The lowest BCUT2D eigenvalue weighted by molar-refractivity contribution is 0.551. The molecule has 2 aromatic rings. The van der Waals surface area contributed by atoms with Crippen LogP contribution in [0.25, 0.3) is 0 Å². The van der Waals surface area contributed by atoms with Gasteiger partial charge in [0.25, 0.3) is 0 Å². The van der Waals surface area contributed by atoms with Crippen LogP contribution in [0.1, 0.15) is 56.1 Å². The number of halogens is 2. The summed E-state index contributed by atoms with van der Waals surface area (Å²) in [5.74, 6) is 0. The van der Waals surface area contributed by atoms with E-state index in [2.05, 4.69) is 71.3 Å². The normalized spacial score (nSPS) is 10.2. The van der Waals surface area contributed by atoms with Gasteiger partial charge in [-0.15, -0.1) is 24.8 Å². The molecule has 2 N–H and O–H groups in total. The van der Waals surface area contributed by atoms with Gasteiger partial charge in [0.15, 0.2) is 0 Å². The maximum atomic E-state index is 3.59. The number of nitrogens with one attached hydrogen (secondary N) is 2. The molecule has 2 nitrogen and oxygen atoms in total. The van der Waals surface area contributed by atoms with Gasteiger partial charge in [-0.3, -0.25) is 0 Å². The van der Waals surface area contributed by atoms with Crippen LogP contribution in [-0.2, 0) is 12.8 Å². The average Bonchev–Trinajstić information content (AvgIpc) is 2.72. The molecular formula is C25H40Cl2N2. The molecule has 0 aliphatic carbocycles. The SMILES string of the molecule is Cl.Cl.c1ccc(CCCCNCCCCCNCCCCc2ccccc2)cc1. The molecule has 164 valence electrons. The average molecular weight is 440 g/mol. The summed E-state index contributed by atoms with van der Waals surface area (Å²) >= 11 is 0. The van der Waals surface area contributed by atoms with E-state index >= 15 is 0 Å². The van der Waals surface area contributed by atoms with Gasteiger partial charge in [0.05, 0.1) is 0 Å². The molecule has 0 atom stereocenters. The molecule has 0 aliphatic rings. The zero-order chi connectivity index (χ0) is 18.8. The second-order valence-corrected chi connectivity index (χ2v) is 7.45. The van der Waals surface area contributed by atoms with Crippen LogP contribution in [-0.4, -0.2) is 26.2 Å². The minimum atomic E-state index is 0. The molecule has 0 bridgehead atoms. The number of unbranched alkanes of at least 4 members (excludes halogenated alkanes) is 4. The van der Waals surface area contributed by atoms with Crippen LogP contribution in [0.3, 0.4) is 0 Å². The lowest BCUT2D eigenvalue weighted by Gasteiger charge is -2.07. The molecular weight excluding hydrogens is 399 g/mol. The maximum Gasteiger partial charge on any atom is -0.00488 e. The number of hydrogen-bond donors (Lipinski definition) is 2. The molecule has 0 fully saturated rings. The molecule has 0 heterocycles. The van der Waals surface area contributed by atoms with Crippen molar-refractivity contribution in [2.75, 3.05) is 26.2 Å². The van der Waals surface area contributed by atoms with E-state index in [0.717, 1.165) is 13.1 Å². The Kier molecular flexibility index (Phi) is 19.5. The monoisotopic (exact) mass is 438 g/mol. The molecule has 0 saturated heterocycles. The Bertz CT molecular complexity index is 512. The molecule has 29 heavy (non-hydrogen) atoms. The molecule has 2 rings (SSSR count). The molecule has 0 spiro atoms. The van der Waals surface area contributed by atoms with Crippen molar-refractivity contribution in [2.45, 2.75) is 57.8 Å². The summed E-state index contributed by atoms with van der Waals surface area (Å²) in [4.78, 5) is 0. The van der Waals surface area contributed by atoms with Crippen molar-refractivity contribution < 1.29 is 0 Å². The largest absolute Gasteiger partial charge is 0.317 e. The van der Waals surface area contributed by atoms with Crippen LogP contribution < -0.4 is 10.6 Å². The summed E-state index contributed by atoms with van der Waals surface area (Å²) in [6, 6.07) is 21.6. The Labute approximate surface area is 191 Å². The van der Waals surface area contributed by atoms with E-state index in [1.807, 2.05) is 0 Å². The van der Waals surface area contributed by atoms with E-state index in [-0.39, 0.29) is 24.8 Å². The van der Waals surface area contributed by atoms with E-state index < -0.39 is 0 Å². The molecule has 0 saturated carbocycles. The zero-order valence-electron chi connectivity index (χ0n) is 17.8. The van der Waals surface area contributed by atoms with Crippen molar-refractivity contribution >= 4 is 24.8 Å². The van der Waals surface area contributed by atoms with Crippen molar-refractivity contribution in [3.05, 3.63) is 71.8 Å². The second-order valence-electron chi connectivity index (χ2n) is 7.45. The minimum absolute atomic E-state index is 0. The highest BCUT2D eigenvalue weighted by Gasteiger charge is 1.95. The van der Waals surface area contributed by atoms with Gasteiger partial charge in [0.2, 0.25) is 0 Å². The molecule has 0 aliphatic heterocycles. The predicted octanol–water partition coefficient (Wildman–Crippen LogP) is 6.23. The number of hydrogen-bond acceptors (Lipinski definition) is 2. The second kappa shape index (κ2) is 20.2. The highest BCUT2D eigenvalue weighted by Crippen LogP contribution is 2.05. The Morgan fingerprint density at radius 1 is 0.414 bits per heavy atom. The van der Waals surface area contributed by atoms with Crippen LogP contribution in [0.5, 0.6) is 0 Å².